The number of hydrogen-bond donors (Lipinski definition) is 1. The number of Topliss-reactive ketones (excluding diaryl/α,β-unsaturated/α-hetero) is 1. The lowest BCUT2D eigenvalue weighted by Crippen LogP contribution is -2.37. The molecular formula is C21H28N2O3. The lowest BCUT2D eigenvalue weighted by Gasteiger charge is -2.32. The van der Waals surface area contributed by atoms with Crippen LogP contribution in [-0.4, -0.2) is 35.2 Å². The summed E-state index contributed by atoms with van der Waals surface area (Å²) in [6.07, 6.45) is 4.42. The number of nitrogens with zero attached hydrogens (tertiary/aromatic N) is 1. The van der Waals surface area contributed by atoms with Gasteiger partial charge in [0.1, 0.15) is 5.75 Å². The van der Waals surface area contributed by atoms with E-state index >= 15 is 0 Å². The number of hydrogen-bond acceptors (Lipinski definition) is 3. The van der Waals surface area contributed by atoms with Crippen LogP contribution in [0.25, 0.3) is 10.9 Å². The summed E-state index contributed by atoms with van der Waals surface area (Å²) in [5, 5.41) is 1.08. The lowest BCUT2D eigenvalue weighted by molar-refractivity contribution is -0.131. The van der Waals surface area contributed by atoms with Crippen LogP contribution in [0.2, 0.25) is 0 Å². The molecule has 0 saturated carbocycles. The van der Waals surface area contributed by atoms with E-state index in [0.717, 1.165) is 42.3 Å². The smallest absolute Gasteiger partial charge is 0.220 e. The summed E-state index contributed by atoms with van der Waals surface area (Å²) in [7, 11) is 1.60. The number of nitrogens with one attached hydrogen (secondary N) is 1. The largest absolute Gasteiger partial charge is 0.496 e. The molecule has 1 amide bonds. The molecule has 0 bridgehead atoms. The van der Waals surface area contributed by atoms with Gasteiger partial charge < -0.3 is 14.6 Å². The maximum atomic E-state index is 12.7. The van der Waals surface area contributed by atoms with Gasteiger partial charge in [-0.3, -0.25) is 9.59 Å². The molecule has 1 atom stereocenters. The molecule has 5 heteroatoms. The van der Waals surface area contributed by atoms with Crippen molar-refractivity contribution in [3.8, 4) is 5.75 Å². The van der Waals surface area contributed by atoms with Gasteiger partial charge in [-0.2, -0.15) is 0 Å². The summed E-state index contributed by atoms with van der Waals surface area (Å²) < 4.78 is 5.49. The van der Waals surface area contributed by atoms with E-state index in [9.17, 15) is 9.59 Å². The fraction of sp³-hybridized carbons (Fsp3) is 0.524. The van der Waals surface area contributed by atoms with E-state index < -0.39 is 0 Å². The molecule has 2 heterocycles. The van der Waals surface area contributed by atoms with E-state index in [1.54, 1.807) is 14.0 Å². The highest BCUT2D eigenvalue weighted by atomic mass is 16.5. The second kappa shape index (κ2) is 7.52. The normalized spacial score (nSPS) is 16.6. The van der Waals surface area contributed by atoms with Crippen molar-refractivity contribution in [3.05, 3.63) is 29.0 Å². The Morgan fingerprint density at radius 3 is 2.73 bits per heavy atom. The van der Waals surface area contributed by atoms with Gasteiger partial charge in [-0.15, -0.1) is 0 Å². The summed E-state index contributed by atoms with van der Waals surface area (Å²) in [6, 6.07) is 3.91. The molecule has 0 spiro atoms. The number of ether oxygens (including phenoxy) is 1. The number of ketones is 1. The number of amides is 1. The van der Waals surface area contributed by atoms with Crippen LogP contribution in [0.4, 0.5) is 0 Å². The third kappa shape index (κ3) is 3.22. The van der Waals surface area contributed by atoms with E-state index in [0.29, 0.717) is 24.3 Å². The molecule has 0 aliphatic carbocycles. The molecule has 140 valence electrons. The average Bonchev–Trinajstić information content (AvgIpc) is 2.99. The monoisotopic (exact) mass is 356 g/mol. The maximum Gasteiger partial charge on any atom is 0.220 e. The molecule has 1 aromatic heterocycles. The van der Waals surface area contributed by atoms with Crippen LogP contribution in [0.15, 0.2) is 12.1 Å². The van der Waals surface area contributed by atoms with Gasteiger partial charge in [-0.05, 0) is 31.4 Å². The Hall–Kier alpha value is -2.30. The van der Waals surface area contributed by atoms with Gasteiger partial charge >= 0.3 is 0 Å². The lowest BCUT2D eigenvalue weighted by atomic mass is 9.96. The number of H-pyrrole nitrogens is 1. The maximum absolute atomic E-state index is 12.7. The van der Waals surface area contributed by atoms with Gasteiger partial charge in [-0.1, -0.05) is 19.8 Å². The van der Waals surface area contributed by atoms with Crippen molar-refractivity contribution in [1.82, 2.24) is 9.88 Å². The summed E-state index contributed by atoms with van der Waals surface area (Å²) >= 11 is 0. The molecule has 0 unspecified atom stereocenters. The van der Waals surface area contributed by atoms with Gasteiger partial charge in [0.2, 0.25) is 5.91 Å². The van der Waals surface area contributed by atoms with E-state index in [-0.39, 0.29) is 17.7 Å². The van der Waals surface area contributed by atoms with Crippen LogP contribution in [0, 0.1) is 0 Å². The highest BCUT2D eigenvalue weighted by Gasteiger charge is 2.29. The Morgan fingerprint density at radius 2 is 2.08 bits per heavy atom. The van der Waals surface area contributed by atoms with Crippen molar-refractivity contribution in [2.24, 2.45) is 0 Å². The molecule has 0 saturated heterocycles. The average molecular weight is 356 g/mol. The number of fused-ring (bicyclic) bond motifs is 3. The Balaban J connectivity index is 2.02. The number of rotatable bonds is 6. The highest BCUT2D eigenvalue weighted by molar-refractivity contribution is 6.03. The van der Waals surface area contributed by atoms with Crippen molar-refractivity contribution < 1.29 is 14.3 Å². The zero-order valence-electron chi connectivity index (χ0n) is 16.1. The molecule has 5 nitrogen and oxygen atoms in total. The van der Waals surface area contributed by atoms with Crippen LogP contribution in [0.1, 0.15) is 74.1 Å². The quantitative estimate of drug-likeness (QED) is 0.616. The molecular weight excluding hydrogens is 328 g/mol. The van der Waals surface area contributed by atoms with E-state index in [1.165, 1.54) is 5.56 Å². The van der Waals surface area contributed by atoms with E-state index in [1.807, 2.05) is 24.0 Å². The Bertz CT molecular complexity index is 837. The van der Waals surface area contributed by atoms with E-state index in [4.69, 9.17) is 4.74 Å². The van der Waals surface area contributed by atoms with Crippen molar-refractivity contribution in [2.45, 2.75) is 58.9 Å². The van der Waals surface area contributed by atoms with Crippen molar-refractivity contribution in [2.75, 3.05) is 13.7 Å². The van der Waals surface area contributed by atoms with Crippen molar-refractivity contribution in [3.63, 3.8) is 0 Å². The minimum atomic E-state index is 0.0124. The predicted molar refractivity (Wildman–Crippen MR) is 103 cm³/mol. The van der Waals surface area contributed by atoms with Crippen LogP contribution in [0.3, 0.4) is 0 Å². The molecule has 2 aromatic rings. The Labute approximate surface area is 154 Å². The molecule has 1 aromatic carbocycles. The third-order valence-corrected chi connectivity index (χ3v) is 5.46. The van der Waals surface area contributed by atoms with Crippen LogP contribution in [0.5, 0.6) is 5.75 Å². The first-order chi connectivity index (χ1) is 12.5. The number of carbonyl (C=O) groups excluding carboxylic acids is 2. The number of methoxy groups -OCH3 is 1. The molecule has 26 heavy (non-hydrogen) atoms. The topological polar surface area (TPSA) is 62.4 Å². The number of carbonyl (C=O) groups is 2. The van der Waals surface area contributed by atoms with Crippen LogP contribution >= 0.6 is 0 Å². The summed E-state index contributed by atoms with van der Waals surface area (Å²) in [5.74, 6) is 0.848. The second-order valence-corrected chi connectivity index (χ2v) is 7.13. The first-order valence-corrected chi connectivity index (χ1v) is 9.50. The fourth-order valence-corrected chi connectivity index (χ4v) is 3.99. The Kier molecular flexibility index (Phi) is 5.35. The molecule has 0 fully saturated rings. The number of aromatic nitrogens is 1. The number of benzene rings is 1. The van der Waals surface area contributed by atoms with Crippen molar-refractivity contribution in [1.29, 1.82) is 0 Å². The molecule has 3 rings (SSSR count). The first kappa shape index (κ1) is 18.5. The molecule has 1 aliphatic rings. The van der Waals surface area contributed by atoms with E-state index in [2.05, 4.69) is 11.9 Å². The zero-order valence-corrected chi connectivity index (χ0v) is 16.1. The van der Waals surface area contributed by atoms with Crippen LogP contribution in [-0.2, 0) is 11.2 Å². The Morgan fingerprint density at radius 1 is 1.31 bits per heavy atom. The number of unbranched alkanes of at least 4 members (excludes halogenated alkanes) is 2. The van der Waals surface area contributed by atoms with Gasteiger partial charge in [0, 0.05) is 42.6 Å². The zero-order chi connectivity index (χ0) is 18.8. The number of aromatic amines is 1. The SMILES string of the molecule is CCCCCC(=O)c1cc2c3c([nH]c2cc1OC)[C@@H](C)N(C(C)=O)CC3. The minimum absolute atomic E-state index is 0.0124. The summed E-state index contributed by atoms with van der Waals surface area (Å²) in [5.41, 5.74) is 3.92. The second-order valence-electron chi connectivity index (χ2n) is 7.13. The highest BCUT2D eigenvalue weighted by Crippen LogP contribution is 2.37. The molecule has 0 radical (unpaired) electrons. The van der Waals surface area contributed by atoms with Gasteiger partial charge in [0.05, 0.1) is 18.7 Å². The van der Waals surface area contributed by atoms with Gasteiger partial charge in [0.15, 0.2) is 5.78 Å². The summed E-state index contributed by atoms with van der Waals surface area (Å²) in [6.45, 7) is 6.50. The van der Waals surface area contributed by atoms with Gasteiger partial charge in [0.25, 0.3) is 0 Å². The predicted octanol–water partition coefficient (Wildman–Crippen LogP) is 4.41. The van der Waals surface area contributed by atoms with Crippen LogP contribution < -0.4 is 4.74 Å². The summed E-state index contributed by atoms with van der Waals surface area (Å²) in [4.78, 5) is 29.9. The fourth-order valence-electron chi connectivity index (χ4n) is 3.99. The van der Waals surface area contributed by atoms with Gasteiger partial charge in [-0.25, -0.2) is 0 Å². The van der Waals surface area contributed by atoms with Crippen molar-refractivity contribution >= 4 is 22.6 Å². The third-order valence-electron chi connectivity index (χ3n) is 5.46. The molecule has 1 aliphatic heterocycles. The molecule has 1 N–H and O–H groups in total. The minimum Gasteiger partial charge on any atom is -0.496 e. The first-order valence-electron chi connectivity index (χ1n) is 9.50. The standard InChI is InChI=1S/C21H28N2O3/c1-5-6-7-8-19(25)17-11-16-15-9-10-23(14(3)24)13(2)21(15)22-18(16)12-20(17)26-4/h11-13,22H,5-10H2,1-4H3/t13-/m1/s1.